The fourth-order valence-corrected chi connectivity index (χ4v) is 3.24. The molecule has 1 fully saturated rings. The summed E-state index contributed by atoms with van der Waals surface area (Å²) in [6.45, 7) is 8.19. The first-order valence-corrected chi connectivity index (χ1v) is 9.41. The van der Waals surface area contributed by atoms with E-state index < -0.39 is 0 Å². The molecule has 0 bridgehead atoms. The largest absolute Gasteiger partial charge is 0.493 e. The molecule has 0 aliphatic carbocycles. The van der Waals surface area contributed by atoms with Gasteiger partial charge in [0.05, 0.1) is 13.7 Å². The summed E-state index contributed by atoms with van der Waals surface area (Å²) in [7, 11) is 3.52. The Kier molecular flexibility index (Phi) is 7.56. The molecule has 0 radical (unpaired) electrons. The smallest absolute Gasteiger partial charge is 0.253 e. The van der Waals surface area contributed by atoms with Gasteiger partial charge in [0.25, 0.3) is 5.91 Å². The van der Waals surface area contributed by atoms with Crippen molar-refractivity contribution >= 4 is 5.91 Å². The number of rotatable bonds is 8. The lowest BCUT2D eigenvalue weighted by Gasteiger charge is -2.36. The van der Waals surface area contributed by atoms with Gasteiger partial charge < -0.3 is 19.3 Å². The van der Waals surface area contributed by atoms with Gasteiger partial charge in [0.1, 0.15) is 0 Å². The number of likely N-dealkylation sites (tertiary alicyclic amines) is 1. The molecule has 1 aromatic rings. The van der Waals surface area contributed by atoms with Crippen LogP contribution in [0.5, 0.6) is 11.5 Å². The monoisotopic (exact) mass is 348 g/mol. The number of benzene rings is 1. The highest BCUT2D eigenvalue weighted by atomic mass is 16.5. The Morgan fingerprint density at radius 2 is 1.96 bits per heavy atom. The minimum absolute atomic E-state index is 0.0494. The van der Waals surface area contributed by atoms with Crippen LogP contribution in [-0.4, -0.2) is 62.1 Å². The Labute approximate surface area is 151 Å². The molecule has 1 aromatic carbocycles. The second-order valence-corrected chi connectivity index (χ2v) is 6.65. The Hall–Kier alpha value is -1.75. The molecule has 0 aromatic heterocycles. The molecule has 0 spiro atoms. The van der Waals surface area contributed by atoms with E-state index in [4.69, 9.17) is 9.47 Å². The highest BCUT2D eigenvalue weighted by molar-refractivity contribution is 5.95. The van der Waals surface area contributed by atoms with Gasteiger partial charge in [-0.3, -0.25) is 4.79 Å². The predicted octanol–water partition coefficient (Wildman–Crippen LogP) is 3.43. The zero-order chi connectivity index (χ0) is 18.2. The SMILES string of the molecule is CCCCOc1ccc(C(=O)N(C)C2CCN(CC)CC2)cc1OC. The lowest BCUT2D eigenvalue weighted by atomic mass is 10.0. The molecule has 1 heterocycles. The third-order valence-electron chi connectivity index (χ3n) is 5.04. The molecule has 140 valence electrons. The van der Waals surface area contributed by atoms with E-state index in [2.05, 4.69) is 18.7 Å². The number of carbonyl (C=O) groups excluding carboxylic acids is 1. The standard InChI is InChI=1S/C20H32N2O3/c1-5-7-14-25-18-9-8-16(15-19(18)24-4)20(23)21(3)17-10-12-22(6-2)13-11-17/h8-9,15,17H,5-7,10-14H2,1-4H3. The summed E-state index contributed by atoms with van der Waals surface area (Å²) >= 11 is 0. The van der Waals surface area contributed by atoms with Gasteiger partial charge in [0, 0.05) is 31.7 Å². The summed E-state index contributed by atoms with van der Waals surface area (Å²) in [5, 5.41) is 0. The third-order valence-corrected chi connectivity index (χ3v) is 5.04. The molecule has 5 nitrogen and oxygen atoms in total. The van der Waals surface area contributed by atoms with Gasteiger partial charge in [-0.25, -0.2) is 0 Å². The van der Waals surface area contributed by atoms with E-state index in [1.807, 2.05) is 24.1 Å². The molecule has 0 N–H and O–H groups in total. The zero-order valence-electron chi connectivity index (χ0n) is 16.1. The summed E-state index contributed by atoms with van der Waals surface area (Å²) in [6, 6.07) is 5.78. The van der Waals surface area contributed by atoms with Crippen molar-refractivity contribution in [3.63, 3.8) is 0 Å². The number of carbonyl (C=O) groups is 1. The van der Waals surface area contributed by atoms with Crippen LogP contribution in [0.4, 0.5) is 0 Å². The molecule has 0 unspecified atom stereocenters. The zero-order valence-corrected chi connectivity index (χ0v) is 16.1. The van der Waals surface area contributed by atoms with Crippen LogP contribution < -0.4 is 9.47 Å². The number of methoxy groups -OCH3 is 1. The van der Waals surface area contributed by atoms with Gasteiger partial charge >= 0.3 is 0 Å². The van der Waals surface area contributed by atoms with Crippen molar-refractivity contribution in [3.05, 3.63) is 23.8 Å². The summed E-state index contributed by atoms with van der Waals surface area (Å²) in [5.41, 5.74) is 0.653. The summed E-state index contributed by atoms with van der Waals surface area (Å²) < 4.78 is 11.2. The van der Waals surface area contributed by atoms with Crippen LogP contribution in [0, 0.1) is 0 Å². The number of amides is 1. The van der Waals surface area contributed by atoms with Gasteiger partial charge in [-0.15, -0.1) is 0 Å². The first-order valence-electron chi connectivity index (χ1n) is 9.41. The van der Waals surface area contributed by atoms with E-state index in [0.29, 0.717) is 29.7 Å². The van der Waals surface area contributed by atoms with Crippen LogP contribution in [0.1, 0.15) is 49.9 Å². The lowest BCUT2D eigenvalue weighted by molar-refractivity contribution is 0.0646. The van der Waals surface area contributed by atoms with Crippen LogP contribution in [0.2, 0.25) is 0 Å². The fourth-order valence-electron chi connectivity index (χ4n) is 3.24. The van der Waals surface area contributed by atoms with Crippen LogP contribution >= 0.6 is 0 Å². The Morgan fingerprint density at radius 3 is 2.56 bits per heavy atom. The highest BCUT2D eigenvalue weighted by Crippen LogP contribution is 2.29. The Bertz CT molecular complexity index is 554. The molecule has 1 aliphatic heterocycles. The average molecular weight is 348 g/mol. The Balaban J connectivity index is 2.03. The summed E-state index contributed by atoms with van der Waals surface area (Å²) in [4.78, 5) is 17.2. The molecular weight excluding hydrogens is 316 g/mol. The number of unbranched alkanes of at least 4 members (excludes halogenated alkanes) is 1. The van der Waals surface area contributed by atoms with Crippen molar-refractivity contribution in [3.8, 4) is 11.5 Å². The molecule has 1 saturated heterocycles. The van der Waals surface area contributed by atoms with E-state index in [1.165, 1.54) is 0 Å². The predicted molar refractivity (Wildman–Crippen MR) is 101 cm³/mol. The van der Waals surface area contributed by atoms with Crippen LogP contribution in [0.15, 0.2) is 18.2 Å². The maximum atomic E-state index is 12.9. The molecule has 0 atom stereocenters. The molecule has 0 saturated carbocycles. The van der Waals surface area contributed by atoms with Crippen molar-refractivity contribution < 1.29 is 14.3 Å². The summed E-state index contributed by atoms with van der Waals surface area (Å²) in [6.07, 6.45) is 4.15. The van der Waals surface area contributed by atoms with E-state index in [-0.39, 0.29) is 5.91 Å². The van der Waals surface area contributed by atoms with Crippen molar-refractivity contribution in [2.75, 3.05) is 40.4 Å². The lowest BCUT2D eigenvalue weighted by Crippen LogP contribution is -2.45. The van der Waals surface area contributed by atoms with Crippen LogP contribution in [-0.2, 0) is 0 Å². The quantitative estimate of drug-likeness (QED) is 0.675. The van der Waals surface area contributed by atoms with Crippen molar-refractivity contribution in [2.24, 2.45) is 0 Å². The molecule has 5 heteroatoms. The average Bonchev–Trinajstić information content (AvgIpc) is 2.67. The van der Waals surface area contributed by atoms with Gasteiger partial charge in [-0.05, 0) is 44.0 Å². The number of ether oxygens (including phenoxy) is 2. The first-order chi connectivity index (χ1) is 12.1. The van der Waals surface area contributed by atoms with E-state index >= 15 is 0 Å². The number of piperidine rings is 1. The maximum Gasteiger partial charge on any atom is 0.253 e. The minimum Gasteiger partial charge on any atom is -0.493 e. The first kappa shape index (κ1) is 19.6. The van der Waals surface area contributed by atoms with E-state index in [1.54, 1.807) is 13.2 Å². The topological polar surface area (TPSA) is 42.0 Å². The molecular formula is C20H32N2O3. The van der Waals surface area contributed by atoms with Crippen LogP contribution in [0.25, 0.3) is 0 Å². The molecule has 25 heavy (non-hydrogen) atoms. The second-order valence-electron chi connectivity index (χ2n) is 6.65. The van der Waals surface area contributed by atoms with Crippen molar-refractivity contribution in [1.82, 2.24) is 9.80 Å². The van der Waals surface area contributed by atoms with Gasteiger partial charge in [0.2, 0.25) is 0 Å². The van der Waals surface area contributed by atoms with Crippen LogP contribution in [0.3, 0.4) is 0 Å². The highest BCUT2D eigenvalue weighted by Gasteiger charge is 2.26. The third kappa shape index (κ3) is 5.11. The number of hydrogen-bond donors (Lipinski definition) is 0. The number of hydrogen-bond acceptors (Lipinski definition) is 4. The van der Waals surface area contributed by atoms with Crippen molar-refractivity contribution in [2.45, 2.75) is 45.6 Å². The van der Waals surface area contributed by atoms with Gasteiger partial charge in [0.15, 0.2) is 11.5 Å². The normalized spacial score (nSPS) is 15.8. The van der Waals surface area contributed by atoms with Gasteiger partial charge in [-0.1, -0.05) is 20.3 Å². The fraction of sp³-hybridized carbons (Fsp3) is 0.650. The van der Waals surface area contributed by atoms with Crippen molar-refractivity contribution in [1.29, 1.82) is 0 Å². The molecule has 1 amide bonds. The van der Waals surface area contributed by atoms with Gasteiger partial charge in [-0.2, -0.15) is 0 Å². The maximum absolute atomic E-state index is 12.9. The second kappa shape index (κ2) is 9.66. The van der Waals surface area contributed by atoms with E-state index in [0.717, 1.165) is 45.3 Å². The Morgan fingerprint density at radius 1 is 1.24 bits per heavy atom. The van der Waals surface area contributed by atoms with E-state index in [9.17, 15) is 4.79 Å². The molecule has 1 aliphatic rings. The number of nitrogens with zero attached hydrogens (tertiary/aromatic N) is 2. The minimum atomic E-state index is 0.0494. The summed E-state index contributed by atoms with van der Waals surface area (Å²) in [5.74, 6) is 1.37. The molecule has 2 rings (SSSR count).